The lowest BCUT2D eigenvalue weighted by molar-refractivity contribution is 0.0562. The maximum atomic E-state index is 13.8. The van der Waals surface area contributed by atoms with Crippen LogP contribution in [0.25, 0.3) is 27.8 Å². The lowest BCUT2D eigenvalue weighted by Crippen LogP contribution is -2.53. The van der Waals surface area contributed by atoms with E-state index in [0.717, 1.165) is 64.8 Å². The van der Waals surface area contributed by atoms with Crippen molar-refractivity contribution in [1.29, 1.82) is 0 Å². The lowest BCUT2D eigenvalue weighted by atomic mass is 9.95. The lowest BCUT2D eigenvalue weighted by Gasteiger charge is -2.41. The molecule has 2 aliphatic rings. The van der Waals surface area contributed by atoms with Crippen molar-refractivity contribution in [2.24, 2.45) is 0 Å². The van der Waals surface area contributed by atoms with Gasteiger partial charge in [-0.3, -0.25) is 9.78 Å². The molecule has 7 rings (SSSR count). The van der Waals surface area contributed by atoms with Gasteiger partial charge in [-0.2, -0.15) is 5.10 Å². The van der Waals surface area contributed by atoms with Crippen LogP contribution in [0.5, 0.6) is 5.75 Å². The number of nitrogens with zero attached hydrogens (tertiary/aromatic N) is 4. The molecule has 1 amide bonds. The van der Waals surface area contributed by atoms with Gasteiger partial charge in [0, 0.05) is 34.9 Å². The SMILES string of the molecule is Cc1ccc(OC([Si])[C@@H]2CCN2C)cc1C(=O)NC1(c2cc(-c3ccn(-c4ccccc4)n3)cc3ncccc23)CC1. The number of pyridine rings is 1. The fourth-order valence-corrected chi connectivity index (χ4v) is 6.42. The molecule has 1 unspecified atom stereocenters. The summed E-state index contributed by atoms with van der Waals surface area (Å²) in [6.07, 6.45) is 6.58. The molecule has 0 bridgehead atoms. The molecule has 3 aromatic carbocycles. The van der Waals surface area contributed by atoms with Crippen LogP contribution in [0, 0.1) is 6.92 Å². The molecular weight excluding hydrogens is 538 g/mol. The van der Waals surface area contributed by atoms with E-state index in [0.29, 0.717) is 17.4 Å². The van der Waals surface area contributed by atoms with Crippen molar-refractivity contribution < 1.29 is 9.53 Å². The molecule has 1 aliphatic carbocycles. The molecule has 0 spiro atoms. The van der Waals surface area contributed by atoms with Crippen LogP contribution in [0.1, 0.15) is 40.7 Å². The topological polar surface area (TPSA) is 72.3 Å². The number of nitrogens with one attached hydrogen (secondary N) is 1. The monoisotopic (exact) mass is 570 g/mol. The number of para-hydroxylation sites is 1. The molecule has 42 heavy (non-hydrogen) atoms. The van der Waals surface area contributed by atoms with Gasteiger partial charge in [-0.25, -0.2) is 4.68 Å². The van der Waals surface area contributed by atoms with Crippen LogP contribution >= 0.6 is 0 Å². The number of hydrogen-bond acceptors (Lipinski definition) is 5. The molecular formula is C34H32N5O2Si. The molecule has 3 radical (unpaired) electrons. The van der Waals surface area contributed by atoms with Gasteiger partial charge >= 0.3 is 0 Å². The summed E-state index contributed by atoms with van der Waals surface area (Å²) in [7, 11) is 5.84. The predicted molar refractivity (Wildman–Crippen MR) is 165 cm³/mol. The highest BCUT2D eigenvalue weighted by atomic mass is 28.1. The third-order valence-electron chi connectivity index (χ3n) is 8.65. The Balaban J connectivity index is 1.19. The Kier molecular flexibility index (Phi) is 6.67. The van der Waals surface area contributed by atoms with Crippen molar-refractivity contribution in [3.05, 3.63) is 108 Å². The zero-order valence-electron chi connectivity index (χ0n) is 23.7. The molecule has 2 atom stereocenters. The van der Waals surface area contributed by atoms with Crippen LogP contribution in [-0.2, 0) is 5.54 Å². The predicted octanol–water partition coefficient (Wildman–Crippen LogP) is 5.39. The zero-order chi connectivity index (χ0) is 28.8. The normalized spacial score (nSPS) is 18.3. The number of fused-ring (bicyclic) bond motifs is 1. The van der Waals surface area contributed by atoms with Crippen LogP contribution in [0.2, 0.25) is 0 Å². The molecule has 8 heteroatoms. The van der Waals surface area contributed by atoms with Gasteiger partial charge in [0.2, 0.25) is 0 Å². The molecule has 1 N–H and O–H groups in total. The second-order valence-electron chi connectivity index (χ2n) is 11.5. The van der Waals surface area contributed by atoms with Crippen LogP contribution in [0.15, 0.2) is 91.3 Å². The van der Waals surface area contributed by atoms with E-state index >= 15 is 0 Å². The van der Waals surface area contributed by atoms with Gasteiger partial charge in [0.25, 0.3) is 5.91 Å². The van der Waals surface area contributed by atoms with Crippen LogP contribution in [0.3, 0.4) is 0 Å². The Hall–Kier alpha value is -4.27. The molecule has 7 nitrogen and oxygen atoms in total. The van der Waals surface area contributed by atoms with E-state index in [2.05, 4.69) is 50.7 Å². The smallest absolute Gasteiger partial charge is 0.252 e. The zero-order valence-corrected chi connectivity index (χ0v) is 24.7. The molecule has 1 saturated carbocycles. The minimum Gasteiger partial charge on any atom is -0.493 e. The second-order valence-corrected chi connectivity index (χ2v) is 12.0. The van der Waals surface area contributed by atoms with E-state index in [4.69, 9.17) is 9.84 Å². The minimum absolute atomic E-state index is 0.0995. The fraction of sp³-hybridized carbons (Fsp3) is 0.265. The molecule has 2 fully saturated rings. The number of likely N-dealkylation sites (tertiary alicyclic amines) is 1. The van der Waals surface area contributed by atoms with Gasteiger partial charge in [0.15, 0.2) is 0 Å². The number of hydrogen-bond donors (Lipinski definition) is 1. The van der Waals surface area contributed by atoms with Crippen LogP contribution in [0.4, 0.5) is 0 Å². The number of ether oxygens (including phenoxy) is 1. The largest absolute Gasteiger partial charge is 0.493 e. The summed E-state index contributed by atoms with van der Waals surface area (Å²) < 4.78 is 8.08. The molecule has 1 aliphatic heterocycles. The van der Waals surface area contributed by atoms with Crippen molar-refractivity contribution in [2.75, 3.05) is 13.6 Å². The summed E-state index contributed by atoms with van der Waals surface area (Å²) in [6, 6.07) is 26.4. The highest BCUT2D eigenvalue weighted by Crippen LogP contribution is 2.49. The Morgan fingerprint density at radius 2 is 1.90 bits per heavy atom. The van der Waals surface area contributed by atoms with E-state index < -0.39 is 5.54 Å². The molecule has 2 aromatic heterocycles. The van der Waals surface area contributed by atoms with Gasteiger partial charge in [-0.05, 0) is 99.4 Å². The van der Waals surface area contributed by atoms with Gasteiger partial charge in [-0.1, -0.05) is 30.3 Å². The average Bonchev–Trinajstić information content (AvgIpc) is 3.60. The van der Waals surface area contributed by atoms with Crippen molar-refractivity contribution in [1.82, 2.24) is 25.0 Å². The van der Waals surface area contributed by atoms with Gasteiger partial charge in [-0.15, -0.1) is 0 Å². The number of carbonyl (C=O) groups is 1. The number of amides is 1. The summed E-state index contributed by atoms with van der Waals surface area (Å²) in [5.74, 6) is 0.582. The molecule has 5 aromatic rings. The van der Waals surface area contributed by atoms with Gasteiger partial charge < -0.3 is 15.0 Å². The summed E-state index contributed by atoms with van der Waals surface area (Å²) in [5.41, 5.74) is 5.73. The minimum atomic E-state index is -0.466. The van der Waals surface area contributed by atoms with Crippen molar-refractivity contribution in [2.45, 2.75) is 43.5 Å². The molecule has 1 saturated heterocycles. The molecule has 209 valence electrons. The number of aryl methyl sites for hydroxylation is 1. The van der Waals surface area contributed by atoms with Gasteiger partial charge in [0.1, 0.15) is 5.75 Å². The fourth-order valence-electron chi connectivity index (χ4n) is 5.86. The van der Waals surface area contributed by atoms with Crippen molar-refractivity contribution in [3.8, 4) is 22.7 Å². The number of benzene rings is 3. The summed E-state index contributed by atoms with van der Waals surface area (Å²) in [4.78, 5) is 20.8. The first-order valence-electron chi connectivity index (χ1n) is 14.4. The Bertz CT molecular complexity index is 1780. The maximum absolute atomic E-state index is 13.8. The number of likely N-dealkylation sites (N-methyl/N-ethyl adjacent to an activating group) is 1. The van der Waals surface area contributed by atoms with E-state index in [-0.39, 0.29) is 11.6 Å². The summed E-state index contributed by atoms with van der Waals surface area (Å²) >= 11 is 0. The Labute approximate surface area is 249 Å². The van der Waals surface area contributed by atoms with E-state index in [1.807, 2.05) is 84.7 Å². The van der Waals surface area contributed by atoms with E-state index in [1.165, 1.54) is 0 Å². The summed E-state index contributed by atoms with van der Waals surface area (Å²) in [6.45, 7) is 3.03. The quantitative estimate of drug-likeness (QED) is 0.253. The second kappa shape index (κ2) is 10.5. The van der Waals surface area contributed by atoms with E-state index in [1.54, 1.807) is 0 Å². The number of aromatic nitrogens is 3. The first-order chi connectivity index (χ1) is 20.4. The number of rotatable bonds is 8. The van der Waals surface area contributed by atoms with Crippen LogP contribution < -0.4 is 10.1 Å². The first kappa shape index (κ1) is 26.6. The maximum Gasteiger partial charge on any atom is 0.252 e. The van der Waals surface area contributed by atoms with Crippen LogP contribution in [-0.4, -0.2) is 61.2 Å². The third-order valence-corrected chi connectivity index (χ3v) is 9.16. The van der Waals surface area contributed by atoms with Gasteiger partial charge in [0.05, 0.1) is 38.4 Å². The van der Waals surface area contributed by atoms with Crippen molar-refractivity contribution in [3.63, 3.8) is 0 Å². The highest BCUT2D eigenvalue weighted by Gasteiger charge is 2.47. The van der Waals surface area contributed by atoms with E-state index in [9.17, 15) is 4.79 Å². The third kappa shape index (κ3) is 4.90. The Morgan fingerprint density at radius 3 is 2.64 bits per heavy atom. The highest BCUT2D eigenvalue weighted by molar-refractivity contribution is 6.11. The number of carbonyl (C=O) groups excluding carboxylic acids is 1. The molecule has 3 heterocycles. The summed E-state index contributed by atoms with van der Waals surface area (Å²) in [5, 5.41) is 9.31. The standard InChI is InChI=1S/C34H32N5O2Si/c1-22-10-11-25(41-33(42)31-13-17-38(31)2)21-27(22)32(40)36-34(14-15-34)28-19-23(20-30-26(28)9-6-16-35-30)29-12-18-39(37-29)24-7-4-3-5-8-24/h3-12,16,18-21,31,33H,13-15,17H2,1-2H3,(H,36,40)/t31-,33?/m0/s1. The Morgan fingerprint density at radius 1 is 1.07 bits per heavy atom. The first-order valence-corrected chi connectivity index (χ1v) is 15.0. The van der Waals surface area contributed by atoms with Crippen molar-refractivity contribution >= 4 is 27.1 Å². The average molecular weight is 571 g/mol.